The monoisotopic (exact) mass is 405 g/mol. The van der Waals surface area contributed by atoms with Gasteiger partial charge in [-0.2, -0.15) is 18.3 Å². The topological polar surface area (TPSA) is 46.9 Å². The highest BCUT2D eigenvalue weighted by Gasteiger charge is 2.35. The molecule has 1 unspecified atom stereocenters. The van der Waals surface area contributed by atoms with Crippen LogP contribution in [0.3, 0.4) is 0 Å². The molecular formula is C20H18F3N3OS. The highest BCUT2D eigenvalue weighted by atomic mass is 32.2. The highest BCUT2D eigenvalue weighted by molar-refractivity contribution is 7.99. The number of rotatable bonds is 5. The molecule has 146 valence electrons. The Morgan fingerprint density at radius 2 is 1.75 bits per heavy atom. The van der Waals surface area contributed by atoms with Crippen LogP contribution in [-0.2, 0) is 11.0 Å². The van der Waals surface area contributed by atoms with Crippen molar-refractivity contribution in [1.82, 2.24) is 9.78 Å². The molecule has 0 aliphatic heterocycles. The summed E-state index contributed by atoms with van der Waals surface area (Å²) in [6, 6.07) is 17.0. The Morgan fingerprint density at radius 3 is 2.39 bits per heavy atom. The Hall–Kier alpha value is -2.74. The van der Waals surface area contributed by atoms with E-state index in [9.17, 15) is 18.0 Å². The third-order valence-electron chi connectivity index (χ3n) is 4.08. The van der Waals surface area contributed by atoms with Crippen molar-refractivity contribution < 1.29 is 18.0 Å². The third-order valence-corrected chi connectivity index (χ3v) is 5.16. The summed E-state index contributed by atoms with van der Waals surface area (Å²) in [6.07, 6.45) is -4.55. The summed E-state index contributed by atoms with van der Waals surface area (Å²) in [7, 11) is 0. The second-order valence-corrected chi connectivity index (χ2v) is 7.31. The van der Waals surface area contributed by atoms with Crippen molar-refractivity contribution in [3.63, 3.8) is 0 Å². The van der Waals surface area contributed by atoms with E-state index in [0.717, 1.165) is 20.5 Å². The normalized spacial score (nSPS) is 12.6. The molecule has 0 aliphatic rings. The van der Waals surface area contributed by atoms with Crippen LogP contribution in [0, 0.1) is 6.92 Å². The molecule has 1 aromatic heterocycles. The fraction of sp³-hybridized carbons (Fsp3) is 0.200. The smallest absolute Gasteiger partial charge is 0.323 e. The van der Waals surface area contributed by atoms with Gasteiger partial charge in [0.15, 0.2) is 5.69 Å². The number of aromatic nitrogens is 2. The Bertz CT molecular complexity index is 970. The Kier molecular flexibility index (Phi) is 5.79. The summed E-state index contributed by atoms with van der Waals surface area (Å²) in [5.41, 5.74) is -0.152. The number of alkyl halides is 3. The van der Waals surface area contributed by atoms with Crippen LogP contribution in [0.2, 0.25) is 0 Å². The minimum atomic E-state index is -4.55. The third kappa shape index (κ3) is 4.56. The van der Waals surface area contributed by atoms with E-state index in [0.29, 0.717) is 5.69 Å². The molecular weight excluding hydrogens is 387 g/mol. The number of benzene rings is 2. The predicted molar refractivity (Wildman–Crippen MR) is 102 cm³/mol. The largest absolute Gasteiger partial charge is 0.435 e. The first-order valence-corrected chi connectivity index (χ1v) is 9.33. The van der Waals surface area contributed by atoms with Gasteiger partial charge in [0.1, 0.15) is 6.04 Å². The van der Waals surface area contributed by atoms with Crippen LogP contribution in [0.4, 0.5) is 18.9 Å². The minimum Gasteiger partial charge on any atom is -0.323 e. The van der Waals surface area contributed by atoms with Gasteiger partial charge in [-0.3, -0.25) is 9.48 Å². The molecule has 2 aromatic carbocycles. The molecule has 0 fully saturated rings. The molecule has 0 saturated heterocycles. The van der Waals surface area contributed by atoms with E-state index in [1.165, 1.54) is 25.6 Å². The van der Waals surface area contributed by atoms with Crippen LogP contribution in [0.25, 0.3) is 0 Å². The lowest BCUT2D eigenvalue weighted by Gasteiger charge is -2.16. The molecule has 0 bridgehead atoms. The van der Waals surface area contributed by atoms with Crippen LogP contribution < -0.4 is 5.32 Å². The molecule has 0 spiro atoms. The highest BCUT2D eigenvalue weighted by Crippen LogP contribution is 2.34. The summed E-state index contributed by atoms with van der Waals surface area (Å²) in [4.78, 5) is 14.5. The molecule has 4 nitrogen and oxygen atoms in total. The van der Waals surface area contributed by atoms with Gasteiger partial charge < -0.3 is 5.32 Å². The lowest BCUT2D eigenvalue weighted by molar-refractivity contribution is -0.141. The van der Waals surface area contributed by atoms with Gasteiger partial charge in [0, 0.05) is 15.5 Å². The Balaban J connectivity index is 1.79. The number of anilines is 1. The standard InChI is InChI=1S/C20H18F3N3OS/c1-13-12-18(20(21,22)23)25-26(13)14(2)19(27)24-16-10-6-7-11-17(16)28-15-8-4-3-5-9-15/h3-12,14H,1-2H3,(H,24,27). The van der Waals surface area contributed by atoms with Gasteiger partial charge in [-0.1, -0.05) is 42.1 Å². The van der Waals surface area contributed by atoms with Crippen molar-refractivity contribution in [2.24, 2.45) is 0 Å². The molecule has 8 heteroatoms. The van der Waals surface area contributed by atoms with Gasteiger partial charge >= 0.3 is 6.18 Å². The van der Waals surface area contributed by atoms with Crippen LogP contribution in [0.5, 0.6) is 0 Å². The number of para-hydroxylation sites is 1. The van der Waals surface area contributed by atoms with Gasteiger partial charge in [0.05, 0.1) is 5.69 Å². The average Bonchev–Trinajstić information content (AvgIpc) is 3.05. The van der Waals surface area contributed by atoms with Gasteiger partial charge in [0.2, 0.25) is 5.91 Å². The summed E-state index contributed by atoms with van der Waals surface area (Å²) >= 11 is 1.49. The molecule has 3 rings (SSSR count). The van der Waals surface area contributed by atoms with E-state index < -0.39 is 23.8 Å². The maximum Gasteiger partial charge on any atom is 0.435 e. The minimum absolute atomic E-state index is 0.266. The number of carbonyl (C=O) groups is 1. The molecule has 1 N–H and O–H groups in total. The van der Waals surface area contributed by atoms with Crippen molar-refractivity contribution in [1.29, 1.82) is 0 Å². The van der Waals surface area contributed by atoms with E-state index in [-0.39, 0.29) is 5.69 Å². The van der Waals surface area contributed by atoms with Crippen LogP contribution >= 0.6 is 11.8 Å². The fourth-order valence-electron chi connectivity index (χ4n) is 2.64. The number of amides is 1. The summed E-state index contributed by atoms with van der Waals surface area (Å²) < 4.78 is 39.7. The molecule has 1 atom stereocenters. The predicted octanol–water partition coefficient (Wildman–Crippen LogP) is 5.56. The first-order chi connectivity index (χ1) is 13.3. The zero-order valence-corrected chi connectivity index (χ0v) is 16.0. The molecule has 1 amide bonds. The van der Waals surface area contributed by atoms with Gasteiger partial charge in [-0.05, 0) is 44.2 Å². The summed E-state index contributed by atoms with van der Waals surface area (Å²) in [6.45, 7) is 3.01. The van der Waals surface area contributed by atoms with E-state index in [2.05, 4.69) is 10.4 Å². The van der Waals surface area contributed by atoms with Crippen molar-refractivity contribution in [3.8, 4) is 0 Å². The van der Waals surface area contributed by atoms with Crippen molar-refractivity contribution >= 4 is 23.4 Å². The van der Waals surface area contributed by atoms with E-state index in [4.69, 9.17) is 0 Å². The number of nitrogens with zero attached hydrogens (tertiary/aromatic N) is 2. The van der Waals surface area contributed by atoms with Gasteiger partial charge in [-0.25, -0.2) is 0 Å². The maximum absolute atomic E-state index is 12.9. The van der Waals surface area contributed by atoms with E-state index in [1.807, 2.05) is 42.5 Å². The number of nitrogens with one attached hydrogen (secondary N) is 1. The summed E-state index contributed by atoms with van der Waals surface area (Å²) in [5, 5.41) is 6.36. The SMILES string of the molecule is Cc1cc(C(F)(F)F)nn1C(C)C(=O)Nc1ccccc1Sc1ccccc1. The van der Waals surface area contributed by atoms with Crippen molar-refractivity contribution in [3.05, 3.63) is 72.1 Å². The molecule has 0 radical (unpaired) electrons. The number of hydrogen-bond donors (Lipinski definition) is 1. The number of carbonyl (C=O) groups excluding carboxylic acids is 1. The zero-order valence-electron chi connectivity index (χ0n) is 15.2. The lowest BCUT2D eigenvalue weighted by Crippen LogP contribution is -2.25. The zero-order chi connectivity index (χ0) is 20.3. The molecule has 0 aliphatic carbocycles. The second kappa shape index (κ2) is 8.10. The second-order valence-electron chi connectivity index (χ2n) is 6.19. The van der Waals surface area contributed by atoms with Crippen LogP contribution in [-0.4, -0.2) is 15.7 Å². The van der Waals surface area contributed by atoms with Crippen molar-refractivity contribution in [2.45, 2.75) is 35.9 Å². The summed E-state index contributed by atoms with van der Waals surface area (Å²) in [5.74, 6) is -0.443. The van der Waals surface area contributed by atoms with Crippen LogP contribution in [0.1, 0.15) is 24.4 Å². The molecule has 28 heavy (non-hydrogen) atoms. The maximum atomic E-state index is 12.9. The number of halogens is 3. The average molecular weight is 405 g/mol. The quantitative estimate of drug-likeness (QED) is 0.604. The first kappa shape index (κ1) is 20.0. The first-order valence-electron chi connectivity index (χ1n) is 8.52. The molecule has 0 saturated carbocycles. The molecule has 3 aromatic rings. The van der Waals surface area contributed by atoms with Crippen LogP contribution in [0.15, 0.2) is 70.5 Å². The van der Waals surface area contributed by atoms with Gasteiger partial charge in [0.25, 0.3) is 0 Å². The number of hydrogen-bond acceptors (Lipinski definition) is 3. The lowest BCUT2D eigenvalue weighted by atomic mass is 10.2. The van der Waals surface area contributed by atoms with Gasteiger partial charge in [-0.15, -0.1) is 0 Å². The Labute approximate surface area is 164 Å². The van der Waals surface area contributed by atoms with E-state index >= 15 is 0 Å². The molecule has 1 heterocycles. The van der Waals surface area contributed by atoms with Crippen molar-refractivity contribution in [2.75, 3.05) is 5.32 Å². The van der Waals surface area contributed by atoms with E-state index in [1.54, 1.807) is 12.1 Å². The fourth-order valence-corrected chi connectivity index (χ4v) is 3.56. The Morgan fingerprint density at radius 1 is 1.11 bits per heavy atom. The number of aryl methyl sites for hydroxylation is 1.